The van der Waals surface area contributed by atoms with Crippen LogP contribution in [0.4, 0.5) is 0 Å². The normalized spacial score (nSPS) is 15.4. The van der Waals surface area contributed by atoms with Crippen molar-refractivity contribution in [1.29, 1.82) is 0 Å². The number of hydrogen-bond donors (Lipinski definition) is 0. The molecule has 2 aliphatic carbocycles. The third-order valence-corrected chi connectivity index (χ3v) is 11.7. The standard InChI is InChI=1S/C47H46N4O2.Pt/c1-31-25-32(2)46(34-15-8-5-9-16-34)47(45(31)33-13-6-4-7-14-33)35-29-49-50(30-35)36-17-12-18-38(26-36)53-39-21-22-41-40-19-10-11-20-42(40)51(43(41)27-39)44-28-37(52-3)23-24-48-44;/h10-12,17-25,28-30,33-34H,4-9,13-16H2,1-3H3;/q-2;+2. The van der Waals surface area contributed by atoms with E-state index >= 15 is 0 Å². The van der Waals surface area contributed by atoms with Gasteiger partial charge in [-0.3, -0.25) is 4.68 Å². The first-order valence-corrected chi connectivity index (χ1v) is 19.4. The van der Waals surface area contributed by atoms with E-state index < -0.39 is 0 Å². The fourth-order valence-corrected chi connectivity index (χ4v) is 9.32. The zero-order valence-corrected chi connectivity index (χ0v) is 33.6. The second kappa shape index (κ2) is 15.6. The number of pyridine rings is 1. The first-order valence-electron chi connectivity index (χ1n) is 19.4. The van der Waals surface area contributed by atoms with Crippen molar-refractivity contribution in [3.63, 3.8) is 0 Å². The van der Waals surface area contributed by atoms with Crippen molar-refractivity contribution < 1.29 is 30.5 Å². The second-order valence-corrected chi connectivity index (χ2v) is 15.0. The molecule has 0 atom stereocenters. The van der Waals surface area contributed by atoms with Gasteiger partial charge in [-0.1, -0.05) is 68.3 Å². The van der Waals surface area contributed by atoms with Crippen LogP contribution in [-0.4, -0.2) is 26.4 Å². The summed E-state index contributed by atoms with van der Waals surface area (Å²) >= 11 is 0. The number of hydrogen-bond acceptors (Lipinski definition) is 4. The van der Waals surface area contributed by atoms with Crippen molar-refractivity contribution in [2.75, 3.05) is 7.11 Å². The number of fused-ring (bicyclic) bond motifs is 3. The molecule has 0 aliphatic heterocycles. The van der Waals surface area contributed by atoms with Gasteiger partial charge in [0.05, 0.1) is 13.3 Å². The van der Waals surface area contributed by atoms with Crippen LogP contribution in [0.2, 0.25) is 0 Å². The molecule has 3 heterocycles. The summed E-state index contributed by atoms with van der Waals surface area (Å²) in [6.45, 7) is 4.68. The Balaban J connectivity index is 0.00000413. The SMILES string of the molecule is COc1ccnc(-n2c3[c-]c(Oc4[c-]c(-n5cc(-c6c(C7CCCCC7)c(C)cc(C)c6C6CCCCC6)cn5)ccc4)ccc3c3ccccc32)c1.[Pt+2]. The molecule has 2 saturated carbocycles. The van der Waals surface area contributed by atoms with Crippen LogP contribution in [0.1, 0.15) is 98.3 Å². The van der Waals surface area contributed by atoms with E-state index in [1.165, 1.54) is 86.5 Å². The number of rotatable bonds is 8. The van der Waals surface area contributed by atoms with E-state index in [4.69, 9.17) is 19.6 Å². The molecule has 0 amide bonds. The third kappa shape index (κ3) is 6.79. The maximum Gasteiger partial charge on any atom is 2.00 e. The molecule has 0 spiro atoms. The Labute approximate surface area is 332 Å². The summed E-state index contributed by atoms with van der Waals surface area (Å²) in [4.78, 5) is 4.69. The van der Waals surface area contributed by atoms with Crippen molar-refractivity contribution in [3.05, 3.63) is 126 Å². The van der Waals surface area contributed by atoms with Gasteiger partial charge in [0.15, 0.2) is 0 Å². The average molecular weight is 894 g/mol. The molecule has 0 saturated heterocycles. The largest absolute Gasteiger partial charge is 2.00 e. The van der Waals surface area contributed by atoms with E-state index in [-0.39, 0.29) is 21.1 Å². The molecule has 0 bridgehead atoms. The summed E-state index contributed by atoms with van der Waals surface area (Å²) in [5.74, 6) is 3.93. The Morgan fingerprint density at radius 2 is 1.43 bits per heavy atom. The molecule has 9 rings (SSSR count). The van der Waals surface area contributed by atoms with Gasteiger partial charge in [-0.2, -0.15) is 17.2 Å². The molecule has 54 heavy (non-hydrogen) atoms. The smallest absolute Gasteiger partial charge is 0.509 e. The van der Waals surface area contributed by atoms with Gasteiger partial charge in [0.2, 0.25) is 0 Å². The Kier molecular flexibility index (Phi) is 10.5. The maximum atomic E-state index is 6.49. The zero-order chi connectivity index (χ0) is 35.9. The van der Waals surface area contributed by atoms with Crippen LogP contribution >= 0.6 is 0 Å². The van der Waals surface area contributed by atoms with E-state index in [1.807, 2.05) is 41.1 Å². The summed E-state index contributed by atoms with van der Waals surface area (Å²) in [6, 6.07) is 31.8. The molecule has 0 N–H and O–H groups in total. The summed E-state index contributed by atoms with van der Waals surface area (Å²) in [5, 5.41) is 7.17. The van der Waals surface area contributed by atoms with Crippen LogP contribution in [0, 0.1) is 26.0 Å². The fourth-order valence-electron chi connectivity index (χ4n) is 9.32. The first kappa shape index (κ1) is 36.3. The van der Waals surface area contributed by atoms with E-state index in [0.29, 0.717) is 23.3 Å². The summed E-state index contributed by atoms with van der Waals surface area (Å²) < 4.78 is 16.1. The number of aryl methyl sites for hydroxylation is 2. The monoisotopic (exact) mass is 893 g/mol. The van der Waals surface area contributed by atoms with E-state index in [2.05, 4.69) is 79.3 Å². The minimum atomic E-state index is 0. The molecule has 4 aromatic carbocycles. The van der Waals surface area contributed by atoms with Gasteiger partial charge in [0, 0.05) is 41.0 Å². The molecule has 276 valence electrons. The summed E-state index contributed by atoms with van der Waals surface area (Å²) in [5.41, 5.74) is 11.5. The summed E-state index contributed by atoms with van der Waals surface area (Å²) in [7, 11) is 1.67. The van der Waals surface area contributed by atoms with Gasteiger partial charge in [-0.05, 0) is 102 Å². The van der Waals surface area contributed by atoms with E-state index in [1.54, 1.807) is 24.4 Å². The van der Waals surface area contributed by atoms with Gasteiger partial charge in [0.25, 0.3) is 0 Å². The first-order chi connectivity index (χ1) is 26.1. The molecular weight excluding hydrogens is 848 g/mol. The van der Waals surface area contributed by atoms with Crippen LogP contribution in [0.25, 0.3) is 44.4 Å². The minimum Gasteiger partial charge on any atom is -0.509 e. The molecule has 0 radical (unpaired) electrons. The van der Waals surface area contributed by atoms with Crippen molar-refractivity contribution in [1.82, 2.24) is 19.3 Å². The average Bonchev–Trinajstić information content (AvgIpc) is 3.82. The van der Waals surface area contributed by atoms with E-state index in [0.717, 1.165) is 39.1 Å². The van der Waals surface area contributed by atoms with Crippen molar-refractivity contribution in [3.8, 4) is 39.9 Å². The van der Waals surface area contributed by atoms with Crippen LogP contribution in [-0.2, 0) is 21.1 Å². The molecular formula is C47H46N4O2Pt. The Hall–Kier alpha value is -4.67. The third-order valence-electron chi connectivity index (χ3n) is 11.7. The molecule has 7 heteroatoms. The molecule has 3 aromatic heterocycles. The Morgan fingerprint density at radius 1 is 0.722 bits per heavy atom. The van der Waals surface area contributed by atoms with Crippen molar-refractivity contribution >= 4 is 21.8 Å². The number of nitrogens with zero attached hydrogens (tertiary/aromatic N) is 4. The quantitative estimate of drug-likeness (QED) is 0.143. The topological polar surface area (TPSA) is 54.1 Å². The molecule has 7 aromatic rings. The van der Waals surface area contributed by atoms with Crippen molar-refractivity contribution in [2.24, 2.45) is 0 Å². The van der Waals surface area contributed by atoms with Crippen LogP contribution in [0.15, 0.2) is 91.4 Å². The zero-order valence-electron chi connectivity index (χ0n) is 31.3. The number of para-hydroxylation sites is 1. The van der Waals surface area contributed by atoms with Gasteiger partial charge in [0.1, 0.15) is 11.6 Å². The van der Waals surface area contributed by atoms with Crippen LogP contribution < -0.4 is 9.47 Å². The van der Waals surface area contributed by atoms with Gasteiger partial charge in [-0.15, -0.1) is 35.7 Å². The molecule has 0 unspecified atom stereocenters. The summed E-state index contributed by atoms with van der Waals surface area (Å²) in [6.07, 6.45) is 19.2. The van der Waals surface area contributed by atoms with Gasteiger partial charge < -0.3 is 14.0 Å². The van der Waals surface area contributed by atoms with Gasteiger partial charge in [-0.25, -0.2) is 4.98 Å². The minimum absolute atomic E-state index is 0. The predicted molar refractivity (Wildman–Crippen MR) is 213 cm³/mol. The molecule has 6 nitrogen and oxygen atoms in total. The van der Waals surface area contributed by atoms with Crippen LogP contribution in [0.3, 0.4) is 0 Å². The maximum absolute atomic E-state index is 6.49. The van der Waals surface area contributed by atoms with Crippen LogP contribution in [0.5, 0.6) is 17.2 Å². The van der Waals surface area contributed by atoms with Gasteiger partial charge >= 0.3 is 21.1 Å². The van der Waals surface area contributed by atoms with E-state index in [9.17, 15) is 0 Å². The fraction of sp³-hybridized carbons (Fsp3) is 0.319. The number of ether oxygens (including phenoxy) is 2. The number of methoxy groups -OCH3 is 1. The molecule has 2 fully saturated rings. The number of aromatic nitrogens is 4. The Morgan fingerprint density at radius 3 is 2.15 bits per heavy atom. The van der Waals surface area contributed by atoms with Crippen molar-refractivity contribution in [2.45, 2.75) is 89.9 Å². The Bertz CT molecular complexity index is 2390. The number of benzene rings is 4. The second-order valence-electron chi connectivity index (χ2n) is 15.0. The predicted octanol–water partition coefficient (Wildman–Crippen LogP) is 12.1. The molecule has 2 aliphatic rings.